The molecule has 1 aromatic carbocycles. The van der Waals surface area contributed by atoms with E-state index < -0.39 is 16.1 Å². The van der Waals surface area contributed by atoms with Gasteiger partial charge >= 0.3 is 0 Å². The molecule has 1 saturated heterocycles. The van der Waals surface area contributed by atoms with Crippen LogP contribution in [0.4, 0.5) is 0 Å². The van der Waals surface area contributed by atoms with Crippen molar-refractivity contribution in [2.24, 2.45) is 5.92 Å². The molecular weight excluding hydrogens is 286 g/mol. The van der Waals surface area contributed by atoms with E-state index in [0.717, 1.165) is 19.3 Å². The number of rotatable bonds is 2. The number of piperidine rings is 1. The first kappa shape index (κ1) is 15.0. The summed E-state index contributed by atoms with van der Waals surface area (Å²) in [7, 11) is -3.48. The molecule has 3 rings (SSSR count). The van der Waals surface area contributed by atoms with Crippen molar-refractivity contribution in [1.29, 1.82) is 0 Å². The minimum Gasteiger partial charge on any atom is -0.391 e. The average Bonchev–Trinajstić information content (AvgIpc) is 2.49. The molecule has 0 saturated carbocycles. The van der Waals surface area contributed by atoms with E-state index in [1.54, 1.807) is 6.07 Å². The fraction of sp³-hybridized carbons (Fsp3) is 0.625. The standard InChI is InChI=1S/C16H23NO3S/c1-12-8-9-17(11-16(12)18)21(19,20)15-7-6-13-4-2-3-5-14(13)10-15/h6-7,10,12,16,18H,2-5,8-9,11H2,1H3. The maximum Gasteiger partial charge on any atom is 0.243 e. The molecule has 1 aliphatic carbocycles. The van der Waals surface area contributed by atoms with Crippen LogP contribution >= 0.6 is 0 Å². The highest BCUT2D eigenvalue weighted by Gasteiger charge is 2.33. The zero-order valence-corrected chi connectivity index (χ0v) is 13.3. The van der Waals surface area contributed by atoms with Crippen molar-refractivity contribution in [3.63, 3.8) is 0 Å². The molecule has 116 valence electrons. The average molecular weight is 309 g/mol. The fourth-order valence-corrected chi connectivity index (χ4v) is 4.78. The summed E-state index contributed by atoms with van der Waals surface area (Å²) < 4.78 is 26.9. The van der Waals surface area contributed by atoms with Crippen molar-refractivity contribution < 1.29 is 13.5 Å². The monoisotopic (exact) mass is 309 g/mol. The molecular formula is C16H23NO3S. The molecule has 0 spiro atoms. The van der Waals surface area contributed by atoms with Crippen molar-refractivity contribution >= 4 is 10.0 Å². The number of β-amino-alcohol motifs (C(OH)–C–C–N with tert-alkyl or cyclic N) is 1. The van der Waals surface area contributed by atoms with E-state index in [2.05, 4.69) is 0 Å². The van der Waals surface area contributed by atoms with E-state index in [0.29, 0.717) is 17.9 Å². The summed E-state index contributed by atoms with van der Waals surface area (Å²) in [6.45, 7) is 2.67. The van der Waals surface area contributed by atoms with Crippen LogP contribution in [0.2, 0.25) is 0 Å². The lowest BCUT2D eigenvalue weighted by atomic mass is 9.92. The van der Waals surface area contributed by atoms with Gasteiger partial charge in [-0.3, -0.25) is 0 Å². The van der Waals surface area contributed by atoms with E-state index in [9.17, 15) is 13.5 Å². The third kappa shape index (κ3) is 2.87. The van der Waals surface area contributed by atoms with E-state index >= 15 is 0 Å². The van der Waals surface area contributed by atoms with Gasteiger partial charge in [-0.25, -0.2) is 8.42 Å². The number of hydrogen-bond acceptors (Lipinski definition) is 3. The summed E-state index contributed by atoms with van der Waals surface area (Å²) in [4.78, 5) is 0.380. The number of benzene rings is 1. The topological polar surface area (TPSA) is 57.6 Å². The molecule has 1 aliphatic heterocycles. The Morgan fingerprint density at radius 1 is 1.19 bits per heavy atom. The van der Waals surface area contributed by atoms with Gasteiger partial charge in [0, 0.05) is 13.1 Å². The summed E-state index contributed by atoms with van der Waals surface area (Å²) in [5.41, 5.74) is 2.46. The lowest BCUT2D eigenvalue weighted by Crippen LogP contribution is -2.45. The smallest absolute Gasteiger partial charge is 0.243 e. The van der Waals surface area contributed by atoms with Crippen LogP contribution in [-0.4, -0.2) is 37.0 Å². The Morgan fingerprint density at radius 3 is 2.62 bits per heavy atom. The fourth-order valence-electron chi connectivity index (χ4n) is 3.26. The first-order chi connectivity index (χ1) is 9.98. The van der Waals surface area contributed by atoms with Crippen molar-refractivity contribution in [1.82, 2.24) is 4.31 Å². The van der Waals surface area contributed by atoms with E-state index in [1.807, 2.05) is 19.1 Å². The second-order valence-corrected chi connectivity index (χ2v) is 8.27. The number of aryl methyl sites for hydroxylation is 2. The van der Waals surface area contributed by atoms with E-state index in [-0.39, 0.29) is 12.5 Å². The molecule has 2 aliphatic rings. The Kier molecular flexibility index (Phi) is 4.08. The van der Waals surface area contributed by atoms with Gasteiger partial charge in [-0.15, -0.1) is 0 Å². The SMILES string of the molecule is CC1CCN(S(=O)(=O)c2ccc3c(c2)CCCC3)CC1O. The van der Waals surface area contributed by atoms with Crippen LogP contribution < -0.4 is 0 Å². The Hall–Kier alpha value is -0.910. The minimum absolute atomic E-state index is 0.167. The molecule has 21 heavy (non-hydrogen) atoms. The maximum atomic E-state index is 12.7. The summed E-state index contributed by atoms with van der Waals surface area (Å²) in [5.74, 6) is 0.167. The van der Waals surface area contributed by atoms with Crippen LogP contribution in [0.3, 0.4) is 0 Å². The van der Waals surface area contributed by atoms with Crippen molar-refractivity contribution in [2.45, 2.75) is 50.0 Å². The Bertz CT molecular complexity index is 626. The van der Waals surface area contributed by atoms with Crippen molar-refractivity contribution in [3.8, 4) is 0 Å². The minimum atomic E-state index is -3.48. The summed E-state index contributed by atoms with van der Waals surface area (Å²) in [6, 6.07) is 5.53. The molecule has 1 heterocycles. The predicted molar refractivity (Wildman–Crippen MR) is 81.6 cm³/mol. The first-order valence-corrected chi connectivity index (χ1v) is 9.22. The molecule has 2 atom stereocenters. The van der Waals surface area contributed by atoms with Crippen LogP contribution in [0.5, 0.6) is 0 Å². The zero-order valence-electron chi connectivity index (χ0n) is 12.5. The Morgan fingerprint density at radius 2 is 1.90 bits per heavy atom. The summed E-state index contributed by atoms with van der Waals surface area (Å²) in [6.07, 6.45) is 4.50. The molecule has 1 N–H and O–H groups in total. The summed E-state index contributed by atoms with van der Waals surface area (Å²) >= 11 is 0. The lowest BCUT2D eigenvalue weighted by molar-refractivity contribution is 0.0605. The van der Waals surface area contributed by atoms with Gasteiger partial charge in [-0.1, -0.05) is 13.0 Å². The van der Waals surface area contributed by atoms with Crippen LogP contribution in [-0.2, 0) is 22.9 Å². The molecule has 0 amide bonds. The van der Waals surface area contributed by atoms with Gasteiger partial charge in [0.05, 0.1) is 11.0 Å². The van der Waals surface area contributed by atoms with Crippen LogP contribution in [0, 0.1) is 5.92 Å². The van der Waals surface area contributed by atoms with Gasteiger partial charge < -0.3 is 5.11 Å². The van der Waals surface area contributed by atoms with E-state index in [4.69, 9.17) is 0 Å². The molecule has 1 aromatic rings. The van der Waals surface area contributed by atoms with Gasteiger partial charge in [0.2, 0.25) is 10.0 Å². The normalized spacial score (nSPS) is 27.3. The number of sulfonamides is 1. The van der Waals surface area contributed by atoms with Gasteiger partial charge in [-0.05, 0) is 61.3 Å². The third-order valence-electron chi connectivity index (χ3n) is 4.84. The number of aliphatic hydroxyl groups excluding tert-OH is 1. The molecule has 4 nitrogen and oxygen atoms in total. The van der Waals surface area contributed by atoms with E-state index in [1.165, 1.54) is 21.9 Å². The quantitative estimate of drug-likeness (QED) is 0.908. The van der Waals surface area contributed by atoms with Crippen molar-refractivity contribution in [3.05, 3.63) is 29.3 Å². The van der Waals surface area contributed by atoms with Crippen LogP contribution in [0.25, 0.3) is 0 Å². The highest BCUT2D eigenvalue weighted by molar-refractivity contribution is 7.89. The van der Waals surface area contributed by atoms with Gasteiger partial charge in [-0.2, -0.15) is 4.31 Å². The molecule has 0 radical (unpaired) electrons. The highest BCUT2D eigenvalue weighted by Crippen LogP contribution is 2.28. The van der Waals surface area contributed by atoms with Gasteiger partial charge in [0.15, 0.2) is 0 Å². The Balaban J connectivity index is 1.88. The highest BCUT2D eigenvalue weighted by atomic mass is 32.2. The zero-order chi connectivity index (χ0) is 15.0. The lowest BCUT2D eigenvalue weighted by Gasteiger charge is -2.33. The summed E-state index contributed by atoms with van der Waals surface area (Å²) in [5, 5.41) is 9.94. The van der Waals surface area contributed by atoms with Crippen LogP contribution in [0.15, 0.2) is 23.1 Å². The molecule has 1 fully saturated rings. The second kappa shape index (κ2) is 5.71. The number of aliphatic hydroxyl groups is 1. The maximum absolute atomic E-state index is 12.7. The van der Waals surface area contributed by atoms with Crippen LogP contribution in [0.1, 0.15) is 37.3 Å². The second-order valence-electron chi connectivity index (χ2n) is 6.33. The first-order valence-electron chi connectivity index (χ1n) is 7.78. The van der Waals surface area contributed by atoms with Gasteiger partial charge in [0.25, 0.3) is 0 Å². The number of nitrogens with zero attached hydrogens (tertiary/aromatic N) is 1. The molecule has 5 heteroatoms. The number of hydrogen-bond donors (Lipinski definition) is 1. The third-order valence-corrected chi connectivity index (χ3v) is 6.70. The molecule has 0 bridgehead atoms. The van der Waals surface area contributed by atoms with Crippen molar-refractivity contribution in [2.75, 3.05) is 13.1 Å². The number of fused-ring (bicyclic) bond motifs is 1. The molecule has 0 aromatic heterocycles. The molecule has 2 unspecified atom stereocenters. The Labute approximate surface area is 126 Å². The van der Waals surface area contributed by atoms with Gasteiger partial charge in [0.1, 0.15) is 0 Å². The predicted octanol–water partition coefficient (Wildman–Crippen LogP) is 1.96. The largest absolute Gasteiger partial charge is 0.391 e.